The predicted molar refractivity (Wildman–Crippen MR) is 82.0 cm³/mol. The van der Waals surface area contributed by atoms with Crippen LogP contribution in [0, 0.1) is 0 Å². The first-order valence-electron chi connectivity index (χ1n) is 6.85. The molecule has 1 aliphatic rings. The van der Waals surface area contributed by atoms with Crippen molar-refractivity contribution >= 4 is 21.7 Å². The van der Waals surface area contributed by atoms with E-state index in [9.17, 15) is 0 Å². The van der Waals surface area contributed by atoms with Crippen LogP contribution >= 0.6 is 15.9 Å². The van der Waals surface area contributed by atoms with Crippen molar-refractivity contribution in [2.24, 2.45) is 0 Å². The molecule has 1 aromatic heterocycles. The van der Waals surface area contributed by atoms with Crippen molar-refractivity contribution in [3.05, 3.63) is 34.4 Å². The molecule has 0 unspecified atom stereocenters. The summed E-state index contributed by atoms with van der Waals surface area (Å²) in [5, 5.41) is 7.40. The minimum absolute atomic E-state index is 0.581. The number of H-pyrrole nitrogens is 1. The second-order valence-electron chi connectivity index (χ2n) is 5.24. The lowest BCUT2D eigenvalue weighted by Crippen LogP contribution is -2.06. The molecule has 19 heavy (non-hydrogen) atoms. The van der Waals surface area contributed by atoms with E-state index in [1.807, 2.05) is 12.1 Å². The SMILES string of the molecule is Nc1n[nH]c(C2CCCCC2)c1-c1ccc(Br)cc1. The number of nitrogens with two attached hydrogens (primary N) is 1. The van der Waals surface area contributed by atoms with Crippen molar-refractivity contribution in [1.82, 2.24) is 10.2 Å². The molecular formula is C15H18BrN3. The average Bonchev–Trinajstić information content (AvgIpc) is 2.83. The summed E-state index contributed by atoms with van der Waals surface area (Å²) in [6.45, 7) is 0. The highest BCUT2D eigenvalue weighted by Gasteiger charge is 2.23. The molecule has 3 N–H and O–H groups in total. The quantitative estimate of drug-likeness (QED) is 0.858. The number of rotatable bonds is 2. The number of hydrogen-bond donors (Lipinski definition) is 2. The molecule has 0 amide bonds. The molecule has 0 bridgehead atoms. The monoisotopic (exact) mass is 319 g/mol. The van der Waals surface area contributed by atoms with Crippen LogP contribution in [0.2, 0.25) is 0 Å². The third-order valence-corrected chi connectivity index (χ3v) is 4.50. The van der Waals surface area contributed by atoms with Gasteiger partial charge in [0.15, 0.2) is 5.82 Å². The summed E-state index contributed by atoms with van der Waals surface area (Å²) in [5.41, 5.74) is 9.53. The summed E-state index contributed by atoms with van der Waals surface area (Å²) < 4.78 is 1.08. The minimum atomic E-state index is 0.581. The molecule has 3 nitrogen and oxygen atoms in total. The van der Waals surface area contributed by atoms with Crippen molar-refractivity contribution in [3.8, 4) is 11.1 Å². The number of benzene rings is 1. The Balaban J connectivity index is 2.00. The summed E-state index contributed by atoms with van der Waals surface area (Å²) in [5.74, 6) is 1.19. The van der Waals surface area contributed by atoms with Crippen molar-refractivity contribution in [2.45, 2.75) is 38.0 Å². The first-order valence-corrected chi connectivity index (χ1v) is 7.64. The molecule has 1 heterocycles. The Bertz CT molecular complexity index is 553. The fourth-order valence-electron chi connectivity index (χ4n) is 2.98. The van der Waals surface area contributed by atoms with E-state index in [-0.39, 0.29) is 0 Å². The second-order valence-corrected chi connectivity index (χ2v) is 6.16. The van der Waals surface area contributed by atoms with Crippen LogP contribution in [-0.4, -0.2) is 10.2 Å². The van der Waals surface area contributed by atoms with Gasteiger partial charge < -0.3 is 5.73 Å². The van der Waals surface area contributed by atoms with Crippen molar-refractivity contribution in [3.63, 3.8) is 0 Å². The molecule has 100 valence electrons. The molecule has 0 aliphatic heterocycles. The highest BCUT2D eigenvalue weighted by molar-refractivity contribution is 9.10. The molecule has 1 fully saturated rings. The summed E-state index contributed by atoms with van der Waals surface area (Å²) >= 11 is 3.47. The number of nitrogens with one attached hydrogen (secondary N) is 1. The molecule has 2 aromatic rings. The van der Waals surface area contributed by atoms with Crippen LogP contribution in [0.3, 0.4) is 0 Å². The fourth-order valence-corrected chi connectivity index (χ4v) is 3.24. The molecule has 1 aliphatic carbocycles. The van der Waals surface area contributed by atoms with Crippen LogP contribution in [0.4, 0.5) is 5.82 Å². The predicted octanol–water partition coefficient (Wildman–Crippen LogP) is 4.47. The molecule has 1 aromatic carbocycles. The number of nitrogens with zero attached hydrogens (tertiary/aromatic N) is 1. The topological polar surface area (TPSA) is 54.7 Å². The largest absolute Gasteiger partial charge is 0.382 e. The van der Waals surface area contributed by atoms with E-state index < -0.39 is 0 Å². The van der Waals surface area contributed by atoms with Crippen LogP contribution < -0.4 is 5.73 Å². The molecule has 0 radical (unpaired) electrons. The van der Waals surface area contributed by atoms with E-state index in [2.05, 4.69) is 38.3 Å². The van der Waals surface area contributed by atoms with E-state index in [1.54, 1.807) is 0 Å². The van der Waals surface area contributed by atoms with Gasteiger partial charge >= 0.3 is 0 Å². The van der Waals surface area contributed by atoms with Gasteiger partial charge in [-0.15, -0.1) is 0 Å². The highest BCUT2D eigenvalue weighted by Crippen LogP contribution is 2.39. The lowest BCUT2D eigenvalue weighted by atomic mass is 9.84. The van der Waals surface area contributed by atoms with Crippen LogP contribution in [0.1, 0.15) is 43.7 Å². The standard InChI is InChI=1S/C15H18BrN3/c16-12-8-6-10(7-9-12)13-14(18-19-15(13)17)11-4-2-1-3-5-11/h6-9,11H,1-5H2,(H3,17,18,19). The Kier molecular flexibility index (Phi) is 3.60. The zero-order valence-corrected chi connectivity index (χ0v) is 12.4. The van der Waals surface area contributed by atoms with Gasteiger partial charge in [0, 0.05) is 21.6 Å². The highest BCUT2D eigenvalue weighted by atomic mass is 79.9. The number of aromatic nitrogens is 2. The van der Waals surface area contributed by atoms with Crippen LogP contribution in [0.15, 0.2) is 28.7 Å². The van der Waals surface area contributed by atoms with E-state index in [1.165, 1.54) is 37.8 Å². The van der Waals surface area contributed by atoms with Crippen LogP contribution in [0.5, 0.6) is 0 Å². The van der Waals surface area contributed by atoms with E-state index in [0.717, 1.165) is 15.6 Å². The number of aromatic amines is 1. The van der Waals surface area contributed by atoms with E-state index >= 15 is 0 Å². The fraction of sp³-hybridized carbons (Fsp3) is 0.400. The summed E-state index contributed by atoms with van der Waals surface area (Å²) in [6, 6.07) is 8.29. The number of anilines is 1. The van der Waals surface area contributed by atoms with Gasteiger partial charge in [-0.05, 0) is 30.5 Å². The number of halogens is 1. The lowest BCUT2D eigenvalue weighted by Gasteiger charge is -2.21. The summed E-state index contributed by atoms with van der Waals surface area (Å²) in [6.07, 6.45) is 6.46. The van der Waals surface area contributed by atoms with Gasteiger partial charge in [0.05, 0.1) is 0 Å². The molecule has 4 heteroatoms. The van der Waals surface area contributed by atoms with Crippen LogP contribution in [-0.2, 0) is 0 Å². The van der Waals surface area contributed by atoms with Gasteiger partial charge in [0.2, 0.25) is 0 Å². The smallest absolute Gasteiger partial charge is 0.153 e. The Labute approximate surface area is 121 Å². The molecule has 0 spiro atoms. The normalized spacial score (nSPS) is 16.7. The molecule has 1 saturated carbocycles. The number of hydrogen-bond acceptors (Lipinski definition) is 2. The van der Waals surface area contributed by atoms with Gasteiger partial charge in [-0.1, -0.05) is 47.3 Å². The van der Waals surface area contributed by atoms with Crippen molar-refractivity contribution in [2.75, 3.05) is 5.73 Å². The number of nitrogen functional groups attached to an aromatic ring is 1. The zero-order chi connectivity index (χ0) is 13.2. The van der Waals surface area contributed by atoms with Crippen LogP contribution in [0.25, 0.3) is 11.1 Å². The second kappa shape index (κ2) is 5.37. The third kappa shape index (κ3) is 2.54. The van der Waals surface area contributed by atoms with Gasteiger partial charge in [-0.3, -0.25) is 5.10 Å². The maximum absolute atomic E-state index is 6.06. The lowest BCUT2D eigenvalue weighted by molar-refractivity contribution is 0.437. The summed E-state index contributed by atoms with van der Waals surface area (Å²) in [4.78, 5) is 0. The molecular weight excluding hydrogens is 302 g/mol. The summed E-state index contributed by atoms with van der Waals surface area (Å²) in [7, 11) is 0. The molecule has 0 atom stereocenters. The molecule has 3 rings (SSSR count). The Hall–Kier alpha value is -1.29. The van der Waals surface area contributed by atoms with E-state index in [4.69, 9.17) is 5.73 Å². The first-order chi connectivity index (χ1) is 9.25. The maximum atomic E-state index is 6.06. The van der Waals surface area contributed by atoms with Crippen molar-refractivity contribution in [1.29, 1.82) is 0 Å². The maximum Gasteiger partial charge on any atom is 0.153 e. The van der Waals surface area contributed by atoms with Gasteiger partial charge in [-0.2, -0.15) is 5.10 Å². The first kappa shape index (κ1) is 12.7. The van der Waals surface area contributed by atoms with E-state index in [0.29, 0.717) is 11.7 Å². The Morgan fingerprint density at radius 1 is 1.11 bits per heavy atom. The molecule has 0 saturated heterocycles. The zero-order valence-electron chi connectivity index (χ0n) is 10.8. The van der Waals surface area contributed by atoms with Gasteiger partial charge in [0.25, 0.3) is 0 Å². The van der Waals surface area contributed by atoms with Gasteiger partial charge in [-0.25, -0.2) is 0 Å². The average molecular weight is 320 g/mol. The Morgan fingerprint density at radius 2 is 1.79 bits per heavy atom. The Morgan fingerprint density at radius 3 is 2.47 bits per heavy atom. The minimum Gasteiger partial charge on any atom is -0.382 e. The van der Waals surface area contributed by atoms with Gasteiger partial charge in [0.1, 0.15) is 0 Å². The van der Waals surface area contributed by atoms with Crippen molar-refractivity contribution < 1.29 is 0 Å². The third-order valence-electron chi connectivity index (χ3n) is 3.97.